The molecule has 0 radical (unpaired) electrons. The van der Waals surface area contributed by atoms with Crippen LogP contribution in [0.1, 0.15) is 19.8 Å². The summed E-state index contributed by atoms with van der Waals surface area (Å²) in [6.45, 7) is 4.75. The van der Waals surface area contributed by atoms with Crippen molar-refractivity contribution >= 4 is 16.7 Å². The van der Waals surface area contributed by atoms with Gasteiger partial charge in [0.05, 0.1) is 42.5 Å². The van der Waals surface area contributed by atoms with E-state index in [1.807, 2.05) is 30.7 Å². The standard InChI is InChI=1S/C20H24N6O/c1-13-19(21)20(12-27-13)4-6-26(7-5-20)18-11-22-17(10-23-18)14-2-3-16-15(8-14)9-24-25-16/h2-3,8-11,13,19H,4-7,12,21H2,1H3,(H,24,25)/t13-,19+/m0/s1. The first-order valence-corrected chi connectivity index (χ1v) is 9.52. The van der Waals surface area contributed by atoms with Gasteiger partial charge in [-0.05, 0) is 31.9 Å². The Morgan fingerprint density at radius 2 is 2.04 bits per heavy atom. The molecule has 7 heteroatoms. The molecule has 3 aromatic rings. The molecule has 2 atom stereocenters. The van der Waals surface area contributed by atoms with Gasteiger partial charge in [-0.25, -0.2) is 4.98 Å². The second kappa shape index (κ2) is 6.28. The molecule has 2 aliphatic rings. The first-order valence-electron chi connectivity index (χ1n) is 9.52. The number of H-pyrrole nitrogens is 1. The second-order valence-electron chi connectivity index (χ2n) is 7.82. The topological polar surface area (TPSA) is 93.0 Å². The number of rotatable bonds is 2. The number of benzene rings is 1. The molecule has 0 bridgehead atoms. The third kappa shape index (κ3) is 2.78. The molecule has 3 N–H and O–H groups in total. The molecule has 2 aliphatic heterocycles. The van der Waals surface area contributed by atoms with Crippen LogP contribution in [0, 0.1) is 5.41 Å². The third-order valence-corrected chi connectivity index (χ3v) is 6.30. The van der Waals surface area contributed by atoms with E-state index in [1.54, 1.807) is 0 Å². The molecule has 7 nitrogen and oxygen atoms in total. The van der Waals surface area contributed by atoms with E-state index in [0.29, 0.717) is 0 Å². The van der Waals surface area contributed by atoms with E-state index in [0.717, 1.165) is 60.5 Å². The zero-order valence-corrected chi connectivity index (χ0v) is 15.4. The van der Waals surface area contributed by atoms with E-state index < -0.39 is 0 Å². The van der Waals surface area contributed by atoms with Crippen LogP contribution in [-0.2, 0) is 4.74 Å². The number of piperidine rings is 1. The van der Waals surface area contributed by atoms with Gasteiger partial charge in [0.1, 0.15) is 5.82 Å². The van der Waals surface area contributed by atoms with Crippen molar-refractivity contribution in [3.05, 3.63) is 36.8 Å². The minimum Gasteiger partial charge on any atom is -0.376 e. The number of nitrogens with two attached hydrogens (primary N) is 1. The molecular weight excluding hydrogens is 340 g/mol. The molecule has 0 saturated carbocycles. The number of aromatic amines is 1. The molecule has 0 unspecified atom stereocenters. The molecule has 0 amide bonds. The Balaban J connectivity index is 1.31. The molecule has 1 spiro atoms. The normalized spacial score (nSPS) is 24.7. The van der Waals surface area contributed by atoms with E-state index in [1.165, 1.54) is 0 Å². The van der Waals surface area contributed by atoms with Crippen LogP contribution in [0.15, 0.2) is 36.8 Å². The molecule has 2 aromatic heterocycles. The predicted molar refractivity (Wildman–Crippen MR) is 104 cm³/mol. The molecule has 0 aliphatic carbocycles. The lowest BCUT2D eigenvalue weighted by Crippen LogP contribution is -2.50. The summed E-state index contributed by atoms with van der Waals surface area (Å²) in [4.78, 5) is 11.6. The fraction of sp³-hybridized carbons (Fsp3) is 0.450. The fourth-order valence-electron chi connectivity index (χ4n) is 4.39. The van der Waals surface area contributed by atoms with Crippen LogP contribution >= 0.6 is 0 Å². The summed E-state index contributed by atoms with van der Waals surface area (Å²) in [6.07, 6.45) is 7.79. The predicted octanol–water partition coefficient (Wildman–Crippen LogP) is 2.35. The maximum atomic E-state index is 6.41. The summed E-state index contributed by atoms with van der Waals surface area (Å²) < 4.78 is 5.81. The molecular formula is C20H24N6O. The Morgan fingerprint density at radius 1 is 1.19 bits per heavy atom. The number of aromatic nitrogens is 4. The van der Waals surface area contributed by atoms with Gasteiger partial charge in [-0.15, -0.1) is 0 Å². The van der Waals surface area contributed by atoms with E-state index in [9.17, 15) is 0 Å². The van der Waals surface area contributed by atoms with Crippen LogP contribution in [0.2, 0.25) is 0 Å². The quantitative estimate of drug-likeness (QED) is 0.725. The SMILES string of the molecule is C[C@@H]1OCC2(CCN(c3cnc(-c4ccc5[nH]ncc5c4)cn3)CC2)[C@@H]1N. The lowest BCUT2D eigenvalue weighted by Gasteiger charge is -2.41. The summed E-state index contributed by atoms with van der Waals surface area (Å²) in [5.41, 5.74) is 9.48. The largest absolute Gasteiger partial charge is 0.376 e. The smallest absolute Gasteiger partial charge is 0.147 e. The van der Waals surface area contributed by atoms with Crippen molar-refractivity contribution < 1.29 is 4.74 Å². The second-order valence-corrected chi connectivity index (χ2v) is 7.82. The van der Waals surface area contributed by atoms with Gasteiger partial charge >= 0.3 is 0 Å². The molecule has 2 fully saturated rings. The van der Waals surface area contributed by atoms with Gasteiger partial charge in [0.2, 0.25) is 0 Å². The highest BCUT2D eigenvalue weighted by Gasteiger charge is 2.47. The molecule has 27 heavy (non-hydrogen) atoms. The number of fused-ring (bicyclic) bond motifs is 1. The van der Waals surface area contributed by atoms with Gasteiger partial charge in [-0.1, -0.05) is 6.07 Å². The molecule has 140 valence electrons. The van der Waals surface area contributed by atoms with Crippen LogP contribution in [0.5, 0.6) is 0 Å². The van der Waals surface area contributed by atoms with Crippen molar-refractivity contribution in [3.63, 3.8) is 0 Å². The molecule has 1 aromatic carbocycles. The van der Waals surface area contributed by atoms with E-state index >= 15 is 0 Å². The third-order valence-electron chi connectivity index (χ3n) is 6.30. The number of anilines is 1. The Bertz CT molecular complexity index is 945. The lowest BCUT2D eigenvalue weighted by atomic mass is 9.73. The summed E-state index contributed by atoms with van der Waals surface area (Å²) in [7, 11) is 0. The Morgan fingerprint density at radius 3 is 2.74 bits per heavy atom. The van der Waals surface area contributed by atoms with Crippen molar-refractivity contribution in [2.24, 2.45) is 11.1 Å². The summed E-state index contributed by atoms with van der Waals surface area (Å²) in [5.74, 6) is 0.929. The number of hydrogen-bond acceptors (Lipinski definition) is 6. The maximum Gasteiger partial charge on any atom is 0.147 e. The van der Waals surface area contributed by atoms with Crippen LogP contribution < -0.4 is 10.6 Å². The summed E-state index contributed by atoms with van der Waals surface area (Å²) >= 11 is 0. The van der Waals surface area contributed by atoms with Crippen LogP contribution in [0.4, 0.5) is 5.82 Å². The first kappa shape index (κ1) is 16.6. The van der Waals surface area contributed by atoms with Crippen LogP contribution in [-0.4, -0.2) is 52.0 Å². The van der Waals surface area contributed by atoms with Crippen molar-refractivity contribution in [2.75, 3.05) is 24.6 Å². The average Bonchev–Trinajstić information content (AvgIpc) is 3.29. The Kier molecular flexibility index (Phi) is 3.87. The van der Waals surface area contributed by atoms with Gasteiger partial charge in [0.15, 0.2) is 0 Å². The van der Waals surface area contributed by atoms with Gasteiger partial charge in [0, 0.05) is 35.5 Å². The summed E-state index contributed by atoms with van der Waals surface area (Å²) in [5, 5.41) is 8.11. The summed E-state index contributed by atoms with van der Waals surface area (Å²) in [6, 6.07) is 6.27. The minimum absolute atomic E-state index is 0.128. The Hall–Kier alpha value is -2.51. The number of hydrogen-bond donors (Lipinski definition) is 2. The number of nitrogens with zero attached hydrogens (tertiary/aromatic N) is 4. The van der Waals surface area contributed by atoms with Crippen LogP contribution in [0.25, 0.3) is 22.2 Å². The van der Waals surface area contributed by atoms with Gasteiger partial charge < -0.3 is 15.4 Å². The van der Waals surface area contributed by atoms with Crippen molar-refractivity contribution in [1.82, 2.24) is 20.2 Å². The van der Waals surface area contributed by atoms with Crippen LogP contribution in [0.3, 0.4) is 0 Å². The van der Waals surface area contributed by atoms with Crippen molar-refractivity contribution in [3.8, 4) is 11.3 Å². The maximum absolute atomic E-state index is 6.41. The highest BCUT2D eigenvalue weighted by molar-refractivity contribution is 5.83. The monoisotopic (exact) mass is 364 g/mol. The number of nitrogens with one attached hydrogen (secondary N) is 1. The molecule has 4 heterocycles. The van der Waals surface area contributed by atoms with E-state index in [4.69, 9.17) is 10.5 Å². The highest BCUT2D eigenvalue weighted by atomic mass is 16.5. The first-order chi connectivity index (χ1) is 13.1. The fourth-order valence-corrected chi connectivity index (χ4v) is 4.39. The van der Waals surface area contributed by atoms with Gasteiger partial charge in [-0.2, -0.15) is 5.10 Å². The number of ether oxygens (including phenoxy) is 1. The Labute approximate surface area is 157 Å². The van der Waals surface area contributed by atoms with Gasteiger partial charge in [-0.3, -0.25) is 10.1 Å². The zero-order valence-electron chi connectivity index (χ0n) is 15.4. The van der Waals surface area contributed by atoms with Gasteiger partial charge in [0.25, 0.3) is 0 Å². The average molecular weight is 364 g/mol. The molecule has 5 rings (SSSR count). The molecule has 2 saturated heterocycles. The highest BCUT2D eigenvalue weighted by Crippen LogP contribution is 2.41. The lowest BCUT2D eigenvalue weighted by molar-refractivity contribution is 0.0974. The van der Waals surface area contributed by atoms with E-state index in [-0.39, 0.29) is 17.6 Å². The van der Waals surface area contributed by atoms with Crippen molar-refractivity contribution in [2.45, 2.75) is 31.9 Å². The van der Waals surface area contributed by atoms with E-state index in [2.05, 4.69) is 38.1 Å². The van der Waals surface area contributed by atoms with Crippen molar-refractivity contribution in [1.29, 1.82) is 0 Å². The minimum atomic E-state index is 0.128. The zero-order chi connectivity index (χ0) is 18.4.